The Labute approximate surface area is 137 Å². The highest BCUT2D eigenvalue weighted by Crippen LogP contribution is 2.23. The largest absolute Gasteiger partial charge is 0.342 e. The highest BCUT2D eigenvalue weighted by molar-refractivity contribution is 6.31. The molecule has 110 valence electrons. The third-order valence-corrected chi connectivity index (χ3v) is 4.07. The Kier molecular flexibility index (Phi) is 3.22. The molecule has 0 fully saturated rings. The number of hydrogen-bond acceptors (Lipinski definition) is 3. The van der Waals surface area contributed by atoms with Crippen molar-refractivity contribution in [1.82, 2.24) is 14.5 Å². The molecule has 0 aliphatic heterocycles. The summed E-state index contributed by atoms with van der Waals surface area (Å²) >= 11 is 6.02. The van der Waals surface area contributed by atoms with E-state index in [1.807, 2.05) is 30.5 Å². The minimum absolute atomic E-state index is 0.624. The van der Waals surface area contributed by atoms with Crippen LogP contribution in [0.5, 0.6) is 0 Å². The van der Waals surface area contributed by atoms with Crippen molar-refractivity contribution in [1.29, 1.82) is 5.26 Å². The molecule has 23 heavy (non-hydrogen) atoms. The fraction of sp³-hybridized carbons (Fsp3) is 0.0556. The Hall–Kier alpha value is -2.90. The molecule has 0 aliphatic carbocycles. The Morgan fingerprint density at radius 2 is 2.09 bits per heavy atom. The second-order valence-corrected chi connectivity index (χ2v) is 5.79. The molecule has 0 N–H and O–H groups in total. The van der Waals surface area contributed by atoms with E-state index >= 15 is 0 Å². The fourth-order valence-corrected chi connectivity index (χ4v) is 2.98. The predicted octanol–water partition coefficient (Wildman–Crippen LogP) is 4.16. The summed E-state index contributed by atoms with van der Waals surface area (Å²) in [6, 6.07) is 12.2. The monoisotopic (exact) mass is 318 g/mol. The maximum atomic E-state index is 9.27. The van der Waals surface area contributed by atoms with E-state index in [0.29, 0.717) is 17.1 Å². The molecule has 3 aromatic heterocycles. The molecule has 1 aromatic carbocycles. The van der Waals surface area contributed by atoms with Crippen LogP contribution in [0.25, 0.3) is 21.8 Å². The van der Waals surface area contributed by atoms with E-state index in [-0.39, 0.29) is 0 Å². The van der Waals surface area contributed by atoms with Crippen LogP contribution in [0.4, 0.5) is 0 Å². The standard InChI is InChI=1S/C18H11ClN4/c19-15-6-13-5-12(1-2-17(13)22-8-15)10-23-11-14(7-20)16-9-21-4-3-18(16)23/h1-6,8-9,11H,10H2. The van der Waals surface area contributed by atoms with Crippen molar-refractivity contribution in [3.8, 4) is 6.07 Å². The van der Waals surface area contributed by atoms with E-state index in [1.54, 1.807) is 18.6 Å². The first kappa shape index (κ1) is 13.7. The highest BCUT2D eigenvalue weighted by Gasteiger charge is 2.09. The van der Waals surface area contributed by atoms with E-state index in [0.717, 1.165) is 27.4 Å². The van der Waals surface area contributed by atoms with Gasteiger partial charge < -0.3 is 4.57 Å². The minimum Gasteiger partial charge on any atom is -0.342 e. The molecule has 3 heterocycles. The zero-order valence-electron chi connectivity index (χ0n) is 12.1. The second kappa shape index (κ2) is 5.38. The number of nitrogens with zero attached hydrogens (tertiary/aromatic N) is 4. The number of halogens is 1. The van der Waals surface area contributed by atoms with Gasteiger partial charge in [0, 0.05) is 42.1 Å². The first-order valence-electron chi connectivity index (χ1n) is 7.12. The predicted molar refractivity (Wildman–Crippen MR) is 90.3 cm³/mol. The Morgan fingerprint density at radius 3 is 2.96 bits per heavy atom. The maximum Gasteiger partial charge on any atom is 0.101 e. The van der Waals surface area contributed by atoms with Gasteiger partial charge in [-0.05, 0) is 29.8 Å². The Balaban J connectivity index is 1.80. The van der Waals surface area contributed by atoms with Gasteiger partial charge in [-0.25, -0.2) is 0 Å². The molecule has 4 aromatic rings. The van der Waals surface area contributed by atoms with Gasteiger partial charge in [-0.1, -0.05) is 17.7 Å². The number of nitriles is 1. The molecular formula is C18H11ClN4. The third-order valence-electron chi connectivity index (χ3n) is 3.87. The summed E-state index contributed by atoms with van der Waals surface area (Å²) in [5.74, 6) is 0. The number of benzene rings is 1. The normalized spacial score (nSPS) is 11.0. The molecule has 0 bridgehead atoms. The van der Waals surface area contributed by atoms with Crippen LogP contribution in [0.1, 0.15) is 11.1 Å². The van der Waals surface area contributed by atoms with Gasteiger partial charge in [0.05, 0.1) is 21.6 Å². The molecule has 0 aliphatic rings. The van der Waals surface area contributed by atoms with E-state index in [9.17, 15) is 5.26 Å². The molecule has 0 amide bonds. The van der Waals surface area contributed by atoms with Crippen LogP contribution in [-0.2, 0) is 6.54 Å². The van der Waals surface area contributed by atoms with E-state index in [4.69, 9.17) is 11.6 Å². The van der Waals surface area contributed by atoms with Crippen molar-refractivity contribution in [3.63, 3.8) is 0 Å². The lowest BCUT2D eigenvalue weighted by Gasteiger charge is -2.07. The molecule has 0 spiro atoms. The SMILES string of the molecule is N#Cc1cn(Cc2ccc3ncc(Cl)cc3c2)c2ccncc12. The highest BCUT2D eigenvalue weighted by atomic mass is 35.5. The number of rotatable bonds is 2. The maximum absolute atomic E-state index is 9.27. The lowest BCUT2D eigenvalue weighted by Crippen LogP contribution is -1.98. The van der Waals surface area contributed by atoms with Crippen molar-refractivity contribution in [2.24, 2.45) is 0 Å². The van der Waals surface area contributed by atoms with Crippen molar-refractivity contribution in [2.75, 3.05) is 0 Å². The van der Waals surface area contributed by atoms with E-state index in [1.165, 1.54) is 0 Å². The van der Waals surface area contributed by atoms with Crippen LogP contribution in [0.2, 0.25) is 5.02 Å². The Bertz CT molecular complexity index is 1080. The summed E-state index contributed by atoms with van der Waals surface area (Å²) in [5.41, 5.74) is 3.68. The van der Waals surface area contributed by atoms with Crippen LogP contribution >= 0.6 is 11.6 Å². The average molecular weight is 319 g/mol. The lowest BCUT2D eigenvalue weighted by atomic mass is 10.1. The number of fused-ring (bicyclic) bond motifs is 2. The quantitative estimate of drug-likeness (QED) is 0.557. The summed E-state index contributed by atoms with van der Waals surface area (Å²) in [6.07, 6.45) is 6.99. The molecule has 0 atom stereocenters. The van der Waals surface area contributed by atoms with Gasteiger partial charge in [0.15, 0.2) is 0 Å². The molecule has 0 saturated heterocycles. The summed E-state index contributed by atoms with van der Waals surface area (Å²) in [7, 11) is 0. The van der Waals surface area contributed by atoms with E-state index in [2.05, 4.69) is 26.7 Å². The Morgan fingerprint density at radius 1 is 1.17 bits per heavy atom. The molecular weight excluding hydrogens is 308 g/mol. The average Bonchev–Trinajstić information content (AvgIpc) is 2.92. The number of aromatic nitrogens is 3. The summed E-state index contributed by atoms with van der Waals surface area (Å²) in [5, 5.41) is 11.8. The van der Waals surface area contributed by atoms with Gasteiger partial charge in [-0.2, -0.15) is 5.26 Å². The van der Waals surface area contributed by atoms with Gasteiger partial charge in [0.25, 0.3) is 0 Å². The summed E-state index contributed by atoms with van der Waals surface area (Å²) < 4.78 is 2.06. The molecule has 4 nitrogen and oxygen atoms in total. The molecule has 5 heteroatoms. The third kappa shape index (κ3) is 2.41. The van der Waals surface area contributed by atoms with Crippen LogP contribution < -0.4 is 0 Å². The second-order valence-electron chi connectivity index (χ2n) is 5.36. The van der Waals surface area contributed by atoms with Crippen LogP contribution in [0, 0.1) is 11.3 Å². The molecule has 0 unspecified atom stereocenters. The van der Waals surface area contributed by atoms with Crippen molar-refractivity contribution < 1.29 is 0 Å². The smallest absolute Gasteiger partial charge is 0.101 e. The van der Waals surface area contributed by atoms with E-state index < -0.39 is 0 Å². The molecule has 0 saturated carbocycles. The van der Waals surface area contributed by atoms with Crippen molar-refractivity contribution in [3.05, 3.63) is 71.3 Å². The zero-order chi connectivity index (χ0) is 15.8. The van der Waals surface area contributed by atoms with Gasteiger partial charge >= 0.3 is 0 Å². The van der Waals surface area contributed by atoms with Crippen molar-refractivity contribution >= 4 is 33.4 Å². The number of hydrogen-bond donors (Lipinski definition) is 0. The first-order chi connectivity index (χ1) is 11.2. The fourth-order valence-electron chi connectivity index (χ4n) is 2.81. The lowest BCUT2D eigenvalue weighted by molar-refractivity contribution is 0.836. The van der Waals surface area contributed by atoms with Crippen molar-refractivity contribution in [2.45, 2.75) is 6.54 Å². The molecule has 4 rings (SSSR count). The summed E-state index contributed by atoms with van der Waals surface area (Å²) in [4.78, 5) is 8.41. The summed E-state index contributed by atoms with van der Waals surface area (Å²) in [6.45, 7) is 0.671. The first-order valence-corrected chi connectivity index (χ1v) is 7.49. The van der Waals surface area contributed by atoms with Crippen LogP contribution in [-0.4, -0.2) is 14.5 Å². The van der Waals surface area contributed by atoms with Gasteiger partial charge in [0.1, 0.15) is 6.07 Å². The topological polar surface area (TPSA) is 54.5 Å². The van der Waals surface area contributed by atoms with Gasteiger partial charge in [-0.15, -0.1) is 0 Å². The minimum atomic E-state index is 0.624. The van der Waals surface area contributed by atoms with Crippen LogP contribution in [0.3, 0.4) is 0 Å². The zero-order valence-corrected chi connectivity index (χ0v) is 12.8. The van der Waals surface area contributed by atoms with Gasteiger partial charge in [-0.3, -0.25) is 9.97 Å². The van der Waals surface area contributed by atoms with Crippen LogP contribution in [0.15, 0.2) is 55.1 Å². The number of pyridine rings is 2. The molecule has 0 radical (unpaired) electrons. The van der Waals surface area contributed by atoms with Gasteiger partial charge in [0.2, 0.25) is 0 Å².